The fourth-order valence-electron chi connectivity index (χ4n) is 2.94. The van der Waals surface area contributed by atoms with E-state index in [9.17, 15) is 28.6 Å². The second-order valence-electron chi connectivity index (χ2n) is 6.52. The number of nitrogen functional groups attached to an aromatic ring is 1. The molecule has 1 saturated heterocycles. The number of azide groups is 1. The van der Waals surface area contributed by atoms with E-state index < -0.39 is 54.3 Å². The first-order valence-corrected chi connectivity index (χ1v) is 13.0. The van der Waals surface area contributed by atoms with Crippen LogP contribution in [0.25, 0.3) is 21.5 Å². The van der Waals surface area contributed by atoms with Crippen LogP contribution in [0.15, 0.2) is 23.7 Å². The Morgan fingerprint density at radius 2 is 1.94 bits per heavy atom. The molecule has 0 spiro atoms. The van der Waals surface area contributed by atoms with Gasteiger partial charge in [-0.2, -0.15) is 8.62 Å². The van der Waals surface area contributed by atoms with Crippen molar-refractivity contribution in [2.24, 2.45) is 5.11 Å². The molecule has 3 heterocycles. The lowest BCUT2D eigenvalue weighted by molar-refractivity contribution is -0.120. The van der Waals surface area contributed by atoms with E-state index >= 15 is 4.39 Å². The molecule has 0 bridgehead atoms. The average Bonchev–Trinajstić information content (AvgIpc) is 3.20. The van der Waals surface area contributed by atoms with E-state index in [2.05, 4.69) is 33.1 Å². The molecule has 7 N–H and O–H groups in total. The quantitative estimate of drug-likeness (QED) is 0.108. The molecule has 2 aromatic heterocycles. The van der Waals surface area contributed by atoms with E-state index in [1.54, 1.807) is 0 Å². The maximum absolute atomic E-state index is 15.0. The second kappa shape index (κ2) is 9.22. The number of rotatable bonds is 9. The molecule has 6 atom stereocenters. The van der Waals surface area contributed by atoms with Crippen molar-refractivity contribution in [3.05, 3.63) is 29.0 Å². The van der Waals surface area contributed by atoms with E-state index in [-0.39, 0.29) is 16.9 Å². The van der Waals surface area contributed by atoms with Crippen molar-refractivity contribution in [3.8, 4) is 0 Å². The lowest BCUT2D eigenvalue weighted by Gasteiger charge is -2.27. The van der Waals surface area contributed by atoms with E-state index in [4.69, 9.17) is 25.8 Å². The third kappa shape index (κ3) is 5.62. The minimum absolute atomic E-state index is 0.0340. The van der Waals surface area contributed by atoms with E-state index in [1.807, 2.05) is 0 Å². The molecule has 0 radical (unpaired) electrons. The van der Waals surface area contributed by atoms with Gasteiger partial charge in [0, 0.05) is 11.1 Å². The highest BCUT2D eigenvalue weighted by atomic mass is 31.3. The van der Waals surface area contributed by atoms with Gasteiger partial charge in [0.05, 0.1) is 12.0 Å². The highest BCUT2D eigenvalue weighted by Gasteiger charge is 2.57. The van der Waals surface area contributed by atoms with Gasteiger partial charge in [0.2, 0.25) is 5.72 Å². The summed E-state index contributed by atoms with van der Waals surface area (Å²) in [6.45, 7) is -1.44. The number of nitrogens with two attached hydrogens (primary N) is 1. The lowest BCUT2D eigenvalue weighted by Crippen LogP contribution is -2.44. The maximum atomic E-state index is 15.0. The van der Waals surface area contributed by atoms with Gasteiger partial charge in [-0.1, -0.05) is 5.11 Å². The van der Waals surface area contributed by atoms with Crippen LogP contribution in [0.2, 0.25) is 0 Å². The molecule has 1 aliphatic rings. The Hall–Kier alpha value is -2.01. The number of alkyl halides is 1. The first kappa shape index (κ1) is 26.6. The van der Waals surface area contributed by atoms with Gasteiger partial charge in [0.1, 0.15) is 23.9 Å². The molecule has 2 unspecified atom stereocenters. The van der Waals surface area contributed by atoms with Gasteiger partial charge >= 0.3 is 23.5 Å². The summed E-state index contributed by atoms with van der Waals surface area (Å²) in [5.74, 6) is 0.0340. The average molecular weight is 549 g/mol. The predicted molar refractivity (Wildman–Crippen MR) is 105 cm³/mol. The number of halogens is 1. The van der Waals surface area contributed by atoms with Crippen molar-refractivity contribution in [3.63, 3.8) is 0 Å². The van der Waals surface area contributed by atoms with Crippen LogP contribution >= 0.6 is 23.5 Å². The molecule has 2 aromatic rings. The molecule has 1 aliphatic heterocycles. The number of phosphoric ester groups is 1. The molecule has 3 rings (SSSR count). The van der Waals surface area contributed by atoms with Crippen LogP contribution in [0.5, 0.6) is 0 Å². The Morgan fingerprint density at radius 3 is 2.56 bits per heavy atom. The summed E-state index contributed by atoms with van der Waals surface area (Å²) in [5, 5.41) is 13.7. The minimum atomic E-state index is -5.86. The standard InChI is InChI=1S/C11H15FN7O12P3/c12-6-7(20)11(17-18-14,3-28-33(24,25)31-34(26,27)30-32(21,22)23)29-10(6)19-2-1-5-8(13)15-4-16-9(5)19/h1-2,4,6-7,10,20H,3H2,(H,24,25)(H,26,27)(H2,13,15,16)(H2,21,22,23)/t6-,7-,10+,11+/m0/s1. The smallest absolute Gasteiger partial charge is 0.387 e. The number of fused-ring (bicyclic) bond motifs is 1. The summed E-state index contributed by atoms with van der Waals surface area (Å²) >= 11 is 0. The second-order valence-corrected chi connectivity index (χ2v) is 10.9. The van der Waals surface area contributed by atoms with E-state index in [1.165, 1.54) is 12.3 Å². The third-order valence-corrected chi connectivity index (χ3v) is 8.02. The summed E-state index contributed by atoms with van der Waals surface area (Å²) in [6.07, 6.45) is -4.09. The highest BCUT2D eigenvalue weighted by Crippen LogP contribution is 2.66. The van der Waals surface area contributed by atoms with Crippen LogP contribution in [-0.2, 0) is 31.6 Å². The van der Waals surface area contributed by atoms with Gasteiger partial charge in [0.15, 0.2) is 12.4 Å². The van der Waals surface area contributed by atoms with Crippen molar-refractivity contribution in [1.82, 2.24) is 14.5 Å². The molecular formula is C11H15FN7O12P3. The van der Waals surface area contributed by atoms with Gasteiger partial charge in [0.25, 0.3) is 0 Å². The molecule has 0 aromatic carbocycles. The summed E-state index contributed by atoms with van der Waals surface area (Å²) < 4.78 is 66.9. The number of ether oxygens (including phenoxy) is 1. The summed E-state index contributed by atoms with van der Waals surface area (Å²) in [5.41, 5.74) is 11.9. The Labute approximate surface area is 187 Å². The monoisotopic (exact) mass is 549 g/mol. The van der Waals surface area contributed by atoms with Crippen molar-refractivity contribution in [1.29, 1.82) is 0 Å². The van der Waals surface area contributed by atoms with Gasteiger partial charge in [-0.15, -0.1) is 0 Å². The molecule has 34 heavy (non-hydrogen) atoms. The van der Waals surface area contributed by atoms with E-state index in [0.717, 1.165) is 10.9 Å². The van der Waals surface area contributed by atoms with Crippen molar-refractivity contribution >= 4 is 40.3 Å². The number of phosphoric acid groups is 3. The number of hydrogen-bond acceptors (Lipinski definition) is 12. The van der Waals surface area contributed by atoms with Crippen LogP contribution in [0.3, 0.4) is 0 Å². The zero-order valence-electron chi connectivity index (χ0n) is 16.2. The fourth-order valence-corrected chi connectivity index (χ4v) is 5.98. The Morgan fingerprint density at radius 1 is 1.26 bits per heavy atom. The number of hydrogen-bond donors (Lipinski definition) is 6. The number of aromatic nitrogens is 3. The van der Waals surface area contributed by atoms with Gasteiger partial charge in [-0.05, 0) is 11.6 Å². The van der Waals surface area contributed by atoms with Gasteiger partial charge in [-0.3, -0.25) is 4.52 Å². The van der Waals surface area contributed by atoms with Gasteiger partial charge in [-0.25, -0.2) is 28.1 Å². The van der Waals surface area contributed by atoms with Gasteiger partial charge < -0.3 is 39.7 Å². The number of anilines is 1. The van der Waals surface area contributed by atoms with Crippen molar-refractivity contribution in [2.75, 3.05) is 12.3 Å². The van der Waals surface area contributed by atoms with Crippen LogP contribution in [0, 0.1) is 0 Å². The minimum Gasteiger partial charge on any atom is -0.387 e. The van der Waals surface area contributed by atoms with Crippen molar-refractivity contribution < 1.29 is 60.6 Å². The van der Waals surface area contributed by atoms with Crippen LogP contribution in [0.1, 0.15) is 6.23 Å². The largest absolute Gasteiger partial charge is 0.490 e. The summed E-state index contributed by atoms with van der Waals surface area (Å²) in [4.78, 5) is 45.9. The molecule has 0 aliphatic carbocycles. The molecule has 19 nitrogen and oxygen atoms in total. The third-order valence-electron chi connectivity index (χ3n) is 4.24. The first-order chi connectivity index (χ1) is 15.6. The molecule has 0 amide bonds. The predicted octanol–water partition coefficient (Wildman–Crippen LogP) is 0.591. The van der Waals surface area contributed by atoms with Crippen LogP contribution in [0.4, 0.5) is 10.2 Å². The fraction of sp³-hybridized carbons (Fsp3) is 0.455. The molecular weight excluding hydrogens is 534 g/mol. The molecule has 1 fully saturated rings. The first-order valence-electron chi connectivity index (χ1n) is 8.51. The molecule has 23 heteroatoms. The lowest BCUT2D eigenvalue weighted by atomic mass is 10.1. The van der Waals surface area contributed by atoms with Crippen LogP contribution in [-0.4, -0.2) is 63.8 Å². The zero-order chi connectivity index (χ0) is 25.5. The summed E-state index contributed by atoms with van der Waals surface area (Å²) in [6, 6.07) is 1.40. The molecule has 188 valence electrons. The molecule has 0 saturated carbocycles. The topological polar surface area (TPSA) is 295 Å². The van der Waals surface area contributed by atoms with Crippen LogP contribution < -0.4 is 5.73 Å². The Balaban J connectivity index is 1.86. The summed E-state index contributed by atoms with van der Waals surface area (Å²) in [7, 11) is -17.2. The number of aliphatic hydroxyl groups excluding tert-OH is 1. The zero-order valence-corrected chi connectivity index (χ0v) is 18.9. The Kier molecular flexibility index (Phi) is 7.21. The number of aliphatic hydroxyl groups is 1. The maximum Gasteiger partial charge on any atom is 0.490 e. The number of nitrogens with zero attached hydrogens (tertiary/aromatic N) is 6. The normalized spacial score (nSPS) is 28.8. The SMILES string of the molecule is [N-]=[N+]=N[C@]1(COP(=O)(O)OP(=O)(O)OP(=O)(O)O)O[C@@H](n2ccc3c(N)ncnc32)[C@@H](F)[C@@H]1O. The van der Waals surface area contributed by atoms with E-state index in [0.29, 0.717) is 0 Å². The van der Waals surface area contributed by atoms with Crippen molar-refractivity contribution in [2.45, 2.75) is 24.2 Å². The highest BCUT2D eigenvalue weighted by molar-refractivity contribution is 7.66. The Bertz CT molecular complexity index is 1280.